The normalized spacial score (nSPS) is 12.1. The van der Waals surface area contributed by atoms with Crippen molar-refractivity contribution in [3.63, 3.8) is 0 Å². The monoisotopic (exact) mass is 366 g/mol. The maximum absolute atomic E-state index is 5.97. The lowest BCUT2D eigenvalue weighted by Crippen LogP contribution is -2.12. The third kappa shape index (κ3) is 7.83. The maximum Gasteiger partial charge on any atom is 0.124 e. The van der Waals surface area contributed by atoms with E-state index < -0.39 is 10.0 Å². The molecule has 0 aliphatic rings. The Balaban J connectivity index is 0.00000151. The van der Waals surface area contributed by atoms with Crippen molar-refractivity contribution >= 4 is 21.1 Å². The van der Waals surface area contributed by atoms with Gasteiger partial charge >= 0.3 is 0 Å². The summed E-state index contributed by atoms with van der Waals surface area (Å²) in [5.41, 5.74) is 2.28. The number of ether oxygens (including phenoxy) is 1. The van der Waals surface area contributed by atoms with Crippen molar-refractivity contribution < 1.29 is 4.74 Å². The van der Waals surface area contributed by atoms with E-state index >= 15 is 0 Å². The summed E-state index contributed by atoms with van der Waals surface area (Å²) in [5, 5.41) is 0. The van der Waals surface area contributed by atoms with Crippen molar-refractivity contribution in [3.05, 3.63) is 30.1 Å². The molecule has 2 aromatic rings. The molecule has 0 unspecified atom stereocenters. The lowest BCUT2D eigenvalue weighted by molar-refractivity contribution is 0.0903. The molecular weight excluding hydrogens is 328 g/mol. The molecule has 0 fully saturated rings. The van der Waals surface area contributed by atoms with Gasteiger partial charge < -0.3 is 9.30 Å². The van der Waals surface area contributed by atoms with Crippen LogP contribution in [0.5, 0.6) is 0 Å². The second-order valence-electron chi connectivity index (χ2n) is 7.09. The molecule has 0 bridgehead atoms. The molecule has 0 aliphatic heterocycles. The number of imidazole rings is 1. The summed E-state index contributed by atoms with van der Waals surface area (Å²) in [6, 6.07) is 8.39. The summed E-state index contributed by atoms with van der Waals surface area (Å²) in [4.78, 5) is 4.83. The molecule has 1 aromatic carbocycles. The van der Waals surface area contributed by atoms with Gasteiger partial charge in [-0.25, -0.2) is 15.0 Å². The highest BCUT2D eigenvalue weighted by atomic mass is 32.3. The summed E-state index contributed by atoms with van der Waals surface area (Å²) < 4.78 is 8.24. The van der Waals surface area contributed by atoms with Gasteiger partial charge in [0.25, 0.3) is 0 Å². The number of hydrogen-bond acceptors (Lipinski definition) is 2. The quantitative estimate of drug-likeness (QED) is 0.493. The van der Waals surface area contributed by atoms with Crippen molar-refractivity contribution in [3.8, 4) is 0 Å². The highest BCUT2D eigenvalue weighted by molar-refractivity contribution is 8.32. The van der Waals surface area contributed by atoms with Crippen molar-refractivity contribution in [1.82, 2.24) is 9.55 Å². The zero-order valence-corrected chi connectivity index (χ0v) is 18.0. The van der Waals surface area contributed by atoms with Crippen LogP contribution >= 0.6 is 10.0 Å². The van der Waals surface area contributed by atoms with Crippen LogP contribution in [-0.2, 0) is 17.9 Å². The van der Waals surface area contributed by atoms with Gasteiger partial charge in [-0.15, -0.1) is 0 Å². The van der Waals surface area contributed by atoms with Crippen LogP contribution in [0.1, 0.15) is 52.3 Å². The summed E-state index contributed by atoms with van der Waals surface area (Å²) in [5.74, 6) is 2.33. The first-order valence-electron chi connectivity index (χ1n) is 9.69. The molecule has 0 aliphatic carbocycles. The van der Waals surface area contributed by atoms with E-state index in [1.54, 1.807) is 0 Å². The van der Waals surface area contributed by atoms with Crippen LogP contribution in [0.15, 0.2) is 24.3 Å². The Morgan fingerprint density at radius 2 is 1.76 bits per heavy atom. The van der Waals surface area contributed by atoms with Crippen LogP contribution in [-0.4, -0.2) is 40.7 Å². The molecule has 0 amide bonds. The van der Waals surface area contributed by atoms with Gasteiger partial charge in [-0.3, -0.25) is 0 Å². The number of aromatic nitrogens is 2. The molecule has 0 spiro atoms. The molecule has 25 heavy (non-hydrogen) atoms. The predicted molar refractivity (Wildman–Crippen MR) is 115 cm³/mol. The largest absolute Gasteiger partial charge is 0.360 e. The van der Waals surface area contributed by atoms with E-state index in [1.807, 2.05) is 13.8 Å². The van der Waals surface area contributed by atoms with Crippen LogP contribution in [0.4, 0.5) is 0 Å². The third-order valence-corrected chi connectivity index (χ3v) is 5.44. The molecule has 0 radical (unpaired) electrons. The van der Waals surface area contributed by atoms with Gasteiger partial charge in [0.2, 0.25) is 0 Å². The molecule has 0 saturated carbocycles. The van der Waals surface area contributed by atoms with Crippen LogP contribution in [0.25, 0.3) is 11.0 Å². The van der Waals surface area contributed by atoms with Gasteiger partial charge in [-0.1, -0.05) is 52.2 Å². The predicted octanol–water partition coefficient (Wildman–Crippen LogP) is 5.85. The van der Waals surface area contributed by atoms with Gasteiger partial charge in [-0.05, 0) is 37.3 Å². The van der Waals surface area contributed by atoms with Crippen LogP contribution < -0.4 is 0 Å². The Bertz CT molecular complexity index is 601. The zero-order chi connectivity index (χ0) is 18.7. The number of unbranched alkanes of at least 4 members (excludes halogenated alkanes) is 3. The number of aryl methyl sites for hydroxylation is 1. The average Bonchev–Trinajstić information content (AvgIpc) is 2.94. The van der Waals surface area contributed by atoms with E-state index in [-0.39, 0.29) is 0 Å². The molecule has 0 saturated heterocycles. The third-order valence-electron chi connectivity index (χ3n) is 4.05. The standard InChI is InChI=1S/C19H32N2OS.C2H6/c1-5-6-7-8-13-19-20-17-11-9-10-12-18(17)21(19)16-22-14-15-23(2,3)4;1-2/h9-12H,5-8,13-16H2,1-4H3;1-2H3. The van der Waals surface area contributed by atoms with E-state index in [0.29, 0.717) is 6.73 Å². The maximum atomic E-state index is 5.97. The molecular formula is C21H38N2OS. The van der Waals surface area contributed by atoms with Crippen molar-refractivity contribution in [1.29, 1.82) is 0 Å². The molecule has 144 valence electrons. The first kappa shape index (κ1) is 22.0. The minimum atomic E-state index is -0.488. The van der Waals surface area contributed by atoms with E-state index in [2.05, 4.69) is 54.5 Å². The fourth-order valence-corrected chi connectivity index (χ4v) is 3.25. The van der Waals surface area contributed by atoms with Crippen molar-refractivity contribution in [2.24, 2.45) is 0 Å². The van der Waals surface area contributed by atoms with Gasteiger partial charge in [-0.2, -0.15) is 0 Å². The number of nitrogens with zero attached hydrogens (tertiary/aromatic N) is 2. The van der Waals surface area contributed by atoms with Crippen molar-refractivity contribution in [2.45, 2.75) is 59.6 Å². The highest BCUT2D eigenvalue weighted by Gasteiger charge is 2.10. The smallest absolute Gasteiger partial charge is 0.124 e. The fourth-order valence-electron chi connectivity index (χ4n) is 2.63. The summed E-state index contributed by atoms with van der Waals surface area (Å²) in [6.45, 7) is 7.71. The van der Waals surface area contributed by atoms with Gasteiger partial charge in [0, 0.05) is 12.2 Å². The van der Waals surface area contributed by atoms with Crippen LogP contribution in [0.2, 0.25) is 0 Å². The summed E-state index contributed by atoms with van der Waals surface area (Å²) in [6.07, 6.45) is 13.1. The molecule has 0 N–H and O–H groups in total. The number of benzene rings is 1. The molecule has 4 heteroatoms. The Labute approximate surface area is 156 Å². The van der Waals surface area contributed by atoms with Gasteiger partial charge in [0.15, 0.2) is 0 Å². The van der Waals surface area contributed by atoms with Gasteiger partial charge in [0.05, 0.1) is 17.6 Å². The first-order chi connectivity index (χ1) is 12.0. The number of rotatable bonds is 10. The Kier molecular flexibility index (Phi) is 10.2. The second kappa shape index (κ2) is 11.6. The molecule has 3 nitrogen and oxygen atoms in total. The first-order valence-corrected chi connectivity index (χ1v) is 12.7. The van der Waals surface area contributed by atoms with Crippen molar-refractivity contribution in [2.75, 3.05) is 31.1 Å². The van der Waals surface area contributed by atoms with E-state index in [9.17, 15) is 0 Å². The SMILES string of the molecule is CC.CCCCCCc1nc2ccccc2n1COCCS(C)(C)C. The second-order valence-corrected chi connectivity index (χ2v) is 11.7. The fraction of sp³-hybridized carbons (Fsp3) is 0.667. The highest BCUT2D eigenvalue weighted by Crippen LogP contribution is 2.33. The number of fused-ring (bicyclic) bond motifs is 1. The summed E-state index contributed by atoms with van der Waals surface area (Å²) >= 11 is 0. The summed E-state index contributed by atoms with van der Waals surface area (Å²) in [7, 11) is -0.488. The average molecular weight is 367 g/mol. The Morgan fingerprint density at radius 1 is 1.04 bits per heavy atom. The lowest BCUT2D eigenvalue weighted by atomic mass is 10.1. The molecule has 2 rings (SSSR count). The van der Waals surface area contributed by atoms with E-state index in [4.69, 9.17) is 9.72 Å². The van der Waals surface area contributed by atoms with Crippen LogP contribution in [0, 0.1) is 0 Å². The minimum absolute atomic E-state index is 0.488. The molecule has 1 heterocycles. The molecule has 0 atom stereocenters. The minimum Gasteiger partial charge on any atom is -0.360 e. The number of para-hydroxylation sites is 2. The Hall–Kier alpha value is -1.00. The zero-order valence-electron chi connectivity index (χ0n) is 17.2. The Morgan fingerprint density at radius 3 is 2.44 bits per heavy atom. The van der Waals surface area contributed by atoms with Gasteiger partial charge in [0.1, 0.15) is 12.6 Å². The van der Waals surface area contributed by atoms with E-state index in [1.165, 1.54) is 37.0 Å². The topological polar surface area (TPSA) is 27.1 Å². The molecule has 1 aromatic heterocycles. The van der Waals surface area contributed by atoms with Crippen LogP contribution in [0.3, 0.4) is 0 Å². The van der Waals surface area contributed by atoms with E-state index in [0.717, 1.165) is 24.3 Å². The lowest BCUT2D eigenvalue weighted by Gasteiger charge is -2.24. The number of hydrogen-bond donors (Lipinski definition) is 0.